The molecule has 2 aromatic heterocycles. The van der Waals surface area contributed by atoms with Crippen LogP contribution in [0.2, 0.25) is 0 Å². The molecule has 1 aromatic carbocycles. The molecule has 9 heteroatoms. The van der Waals surface area contributed by atoms with Crippen LogP contribution in [0.25, 0.3) is 10.1 Å². The van der Waals surface area contributed by atoms with Gasteiger partial charge in [-0.1, -0.05) is 25.0 Å². The van der Waals surface area contributed by atoms with Crippen LogP contribution in [-0.4, -0.2) is 53.4 Å². The number of carbonyl (C=O) groups is 1. The van der Waals surface area contributed by atoms with Crippen molar-refractivity contribution in [2.45, 2.75) is 19.3 Å². The number of amides is 1. The van der Waals surface area contributed by atoms with Crippen LogP contribution in [0, 0.1) is 5.92 Å². The van der Waals surface area contributed by atoms with Gasteiger partial charge in [-0.05, 0) is 42.1 Å². The fraction of sp³-hybridized carbons (Fsp3) is 0.429. The number of rotatable bonds is 6. The van der Waals surface area contributed by atoms with Crippen molar-refractivity contribution >= 4 is 39.3 Å². The highest BCUT2D eigenvalue weighted by molar-refractivity contribution is 7.13. The van der Waals surface area contributed by atoms with E-state index in [2.05, 4.69) is 47.9 Å². The summed E-state index contributed by atoms with van der Waals surface area (Å²) in [5, 5.41) is 12.3. The summed E-state index contributed by atoms with van der Waals surface area (Å²) < 4.78 is 11.1. The Morgan fingerprint density at radius 2 is 1.87 bits per heavy atom. The van der Waals surface area contributed by atoms with Crippen molar-refractivity contribution in [3.63, 3.8) is 0 Å². The third-order valence-electron chi connectivity index (χ3n) is 5.60. The minimum atomic E-state index is -0.471. The van der Waals surface area contributed by atoms with Crippen LogP contribution >= 0.6 is 11.5 Å². The van der Waals surface area contributed by atoms with Gasteiger partial charge in [0, 0.05) is 44.2 Å². The van der Waals surface area contributed by atoms with Gasteiger partial charge in [-0.25, -0.2) is 4.79 Å². The quantitative estimate of drug-likeness (QED) is 0.650. The Labute approximate surface area is 179 Å². The molecule has 1 N–H and O–H groups in total. The Balaban J connectivity index is 1.14. The molecule has 1 saturated heterocycles. The summed E-state index contributed by atoms with van der Waals surface area (Å²) in [7, 11) is 0. The molecular formula is C21H24N6O2S. The van der Waals surface area contributed by atoms with E-state index in [-0.39, 0.29) is 5.88 Å². The first-order chi connectivity index (χ1) is 14.8. The molecule has 1 aliphatic heterocycles. The predicted molar refractivity (Wildman–Crippen MR) is 117 cm³/mol. The second-order valence-electron chi connectivity index (χ2n) is 7.75. The molecule has 5 rings (SSSR count). The molecule has 2 aliphatic rings. The molecule has 3 heterocycles. The highest BCUT2D eigenvalue weighted by Crippen LogP contribution is 2.32. The van der Waals surface area contributed by atoms with Crippen LogP contribution in [0.15, 0.2) is 36.4 Å². The molecule has 156 valence electrons. The Morgan fingerprint density at radius 1 is 1.07 bits per heavy atom. The number of nitrogens with zero attached hydrogens (tertiary/aromatic N) is 5. The maximum Gasteiger partial charge on any atom is 0.413 e. The molecule has 0 radical (unpaired) electrons. The summed E-state index contributed by atoms with van der Waals surface area (Å²) in [6.07, 6.45) is 3.10. The fourth-order valence-corrected chi connectivity index (χ4v) is 4.50. The van der Waals surface area contributed by atoms with Crippen molar-refractivity contribution in [3.8, 4) is 5.88 Å². The zero-order valence-electron chi connectivity index (χ0n) is 16.7. The molecule has 0 unspecified atom stereocenters. The Hall–Kier alpha value is -2.94. The number of aromatic nitrogens is 3. The highest BCUT2D eigenvalue weighted by Gasteiger charge is 2.22. The Bertz CT molecular complexity index is 1010. The van der Waals surface area contributed by atoms with E-state index in [4.69, 9.17) is 4.74 Å². The van der Waals surface area contributed by atoms with Crippen LogP contribution in [0.3, 0.4) is 0 Å². The molecule has 1 amide bonds. The summed E-state index contributed by atoms with van der Waals surface area (Å²) in [4.78, 5) is 16.3. The lowest BCUT2D eigenvalue weighted by Gasteiger charge is -2.35. The number of fused-ring (bicyclic) bond motifs is 1. The van der Waals surface area contributed by atoms with Gasteiger partial charge < -0.3 is 19.9 Å². The first kappa shape index (κ1) is 19.0. The van der Waals surface area contributed by atoms with Crippen molar-refractivity contribution in [3.05, 3.63) is 36.4 Å². The number of piperazine rings is 1. The van der Waals surface area contributed by atoms with Crippen LogP contribution in [0.1, 0.15) is 19.3 Å². The monoisotopic (exact) mass is 424 g/mol. The molecule has 3 aromatic rings. The lowest BCUT2D eigenvalue weighted by Crippen LogP contribution is -2.47. The van der Waals surface area contributed by atoms with Gasteiger partial charge >= 0.3 is 6.09 Å². The second-order valence-corrected chi connectivity index (χ2v) is 8.56. The van der Waals surface area contributed by atoms with E-state index in [9.17, 15) is 4.79 Å². The second kappa shape index (κ2) is 8.43. The largest absolute Gasteiger partial charge is 0.413 e. The van der Waals surface area contributed by atoms with Gasteiger partial charge in [0.15, 0.2) is 5.82 Å². The lowest BCUT2D eigenvalue weighted by molar-refractivity contribution is 0.198. The zero-order chi connectivity index (χ0) is 20.3. The number of carbonyl (C=O) groups excluding carboxylic acids is 1. The van der Waals surface area contributed by atoms with Gasteiger partial charge in [-0.3, -0.25) is 0 Å². The van der Waals surface area contributed by atoms with Crippen LogP contribution in [0.4, 0.5) is 16.4 Å². The zero-order valence-corrected chi connectivity index (χ0v) is 17.5. The van der Waals surface area contributed by atoms with Gasteiger partial charge in [-0.2, -0.15) is 4.37 Å². The number of benzene rings is 1. The Kier molecular flexibility index (Phi) is 5.35. The van der Waals surface area contributed by atoms with Gasteiger partial charge in [-0.15, -0.1) is 10.2 Å². The molecule has 0 bridgehead atoms. The standard InChI is InChI=1S/C21H24N6O2S/c28-21(22-10-9-15-5-6-15)29-19-8-7-18(23-24-19)26-11-13-27(14-12-26)20-16-3-1-2-4-17(16)30-25-20/h1-4,7-8,15H,5-6,9-14H2,(H,22,28). The van der Waals surface area contributed by atoms with E-state index in [1.807, 2.05) is 12.1 Å². The first-order valence-electron chi connectivity index (χ1n) is 10.4. The third-order valence-corrected chi connectivity index (χ3v) is 6.42. The first-order valence-corrected chi connectivity index (χ1v) is 11.2. The topological polar surface area (TPSA) is 83.5 Å². The lowest BCUT2D eigenvalue weighted by atomic mass is 10.2. The highest BCUT2D eigenvalue weighted by atomic mass is 32.1. The molecular weight excluding hydrogens is 400 g/mol. The minimum absolute atomic E-state index is 0.218. The SMILES string of the molecule is O=C(NCCC1CC1)Oc1ccc(N2CCN(c3nsc4ccccc34)CC2)nn1. The van der Waals surface area contributed by atoms with Gasteiger partial charge in [0.2, 0.25) is 5.88 Å². The van der Waals surface area contributed by atoms with E-state index in [1.165, 1.54) is 22.9 Å². The number of anilines is 2. The number of hydrogen-bond donors (Lipinski definition) is 1. The van der Waals surface area contributed by atoms with Gasteiger partial charge in [0.05, 0.1) is 4.70 Å². The smallest absolute Gasteiger partial charge is 0.390 e. The van der Waals surface area contributed by atoms with Gasteiger partial charge in [0.1, 0.15) is 5.82 Å². The van der Waals surface area contributed by atoms with Crippen LogP contribution in [0.5, 0.6) is 5.88 Å². The van der Waals surface area contributed by atoms with Crippen LogP contribution < -0.4 is 19.9 Å². The molecule has 8 nitrogen and oxygen atoms in total. The molecule has 0 spiro atoms. The van der Waals surface area contributed by atoms with E-state index in [1.54, 1.807) is 17.6 Å². The van der Waals surface area contributed by atoms with Crippen LogP contribution in [-0.2, 0) is 0 Å². The fourth-order valence-electron chi connectivity index (χ4n) is 3.70. The minimum Gasteiger partial charge on any atom is -0.390 e. The molecule has 2 fully saturated rings. The third kappa shape index (κ3) is 4.30. The maximum absolute atomic E-state index is 11.8. The van der Waals surface area contributed by atoms with Crippen molar-refractivity contribution in [2.75, 3.05) is 42.5 Å². The van der Waals surface area contributed by atoms with E-state index in [0.717, 1.165) is 50.2 Å². The molecule has 1 saturated carbocycles. The summed E-state index contributed by atoms with van der Waals surface area (Å²) in [6, 6.07) is 11.9. The maximum atomic E-state index is 11.8. The molecule has 1 aliphatic carbocycles. The average molecular weight is 425 g/mol. The summed E-state index contributed by atoms with van der Waals surface area (Å²) in [5.41, 5.74) is 0. The normalized spacial score (nSPS) is 16.7. The van der Waals surface area contributed by atoms with E-state index >= 15 is 0 Å². The molecule has 30 heavy (non-hydrogen) atoms. The summed E-state index contributed by atoms with van der Waals surface area (Å²) >= 11 is 1.55. The average Bonchev–Trinajstić information content (AvgIpc) is 3.50. The van der Waals surface area contributed by atoms with Gasteiger partial charge in [0.25, 0.3) is 0 Å². The van der Waals surface area contributed by atoms with E-state index < -0.39 is 6.09 Å². The van der Waals surface area contributed by atoms with Crippen molar-refractivity contribution < 1.29 is 9.53 Å². The van der Waals surface area contributed by atoms with Crippen molar-refractivity contribution in [2.24, 2.45) is 5.92 Å². The number of hydrogen-bond acceptors (Lipinski definition) is 8. The number of nitrogens with one attached hydrogen (secondary N) is 1. The van der Waals surface area contributed by atoms with E-state index in [0.29, 0.717) is 6.54 Å². The summed E-state index contributed by atoms with van der Waals surface area (Å²) in [6.45, 7) is 4.06. The Morgan fingerprint density at radius 3 is 2.63 bits per heavy atom. The van der Waals surface area contributed by atoms with Crippen molar-refractivity contribution in [1.29, 1.82) is 0 Å². The predicted octanol–water partition coefficient (Wildman–Crippen LogP) is 3.30. The van der Waals surface area contributed by atoms with Crippen molar-refractivity contribution in [1.82, 2.24) is 19.9 Å². The summed E-state index contributed by atoms with van der Waals surface area (Å²) in [5.74, 6) is 2.85. The number of ether oxygens (including phenoxy) is 1. The molecule has 0 atom stereocenters.